The molecule has 0 aliphatic carbocycles. The summed E-state index contributed by atoms with van der Waals surface area (Å²) in [7, 11) is 6.13. The van der Waals surface area contributed by atoms with E-state index in [9.17, 15) is 4.79 Å². The molecule has 5 nitrogen and oxygen atoms in total. The van der Waals surface area contributed by atoms with Gasteiger partial charge in [0.2, 0.25) is 0 Å². The molecule has 0 spiro atoms. The van der Waals surface area contributed by atoms with Gasteiger partial charge >= 0.3 is 0 Å². The largest absolute Gasteiger partial charge is 0.374 e. The Balaban J connectivity index is 1.82. The second-order valence-corrected chi connectivity index (χ2v) is 6.91. The molecule has 0 unspecified atom stereocenters. The first-order valence-electron chi connectivity index (χ1n) is 8.71. The van der Waals surface area contributed by atoms with Crippen molar-refractivity contribution in [2.45, 2.75) is 13.0 Å². The summed E-state index contributed by atoms with van der Waals surface area (Å²) in [5.74, 6) is 0.0776. The molecule has 0 atom stereocenters. The van der Waals surface area contributed by atoms with Gasteiger partial charge < -0.3 is 14.7 Å². The average Bonchev–Trinajstić information content (AvgIpc) is 2.99. The summed E-state index contributed by atoms with van der Waals surface area (Å²) in [6, 6.07) is 10.0. The number of hydrogen-bond acceptors (Lipinski definition) is 4. The zero-order chi connectivity index (χ0) is 17.8. The Hall–Kier alpha value is -2.40. The fraction of sp³-hybridized carbons (Fsp3) is 0.400. The van der Waals surface area contributed by atoms with Crippen molar-refractivity contribution in [3.63, 3.8) is 0 Å². The third-order valence-corrected chi connectivity index (χ3v) is 4.66. The van der Waals surface area contributed by atoms with E-state index in [1.807, 2.05) is 49.5 Å². The number of fused-ring (bicyclic) bond motifs is 1. The van der Waals surface area contributed by atoms with Crippen LogP contribution in [0.15, 0.2) is 42.7 Å². The number of amides is 1. The van der Waals surface area contributed by atoms with Gasteiger partial charge in [-0.3, -0.25) is 9.78 Å². The molecule has 0 N–H and O–H groups in total. The molecule has 0 radical (unpaired) electrons. The molecular formula is C20H26N4O. The lowest BCUT2D eigenvalue weighted by atomic mass is 10.1. The van der Waals surface area contributed by atoms with Gasteiger partial charge in [-0.25, -0.2) is 0 Å². The highest BCUT2D eigenvalue weighted by atomic mass is 16.2. The van der Waals surface area contributed by atoms with Crippen LogP contribution in [0.5, 0.6) is 0 Å². The minimum Gasteiger partial charge on any atom is -0.374 e. The van der Waals surface area contributed by atoms with Gasteiger partial charge in [-0.1, -0.05) is 12.1 Å². The number of carbonyl (C=O) groups is 1. The first-order valence-corrected chi connectivity index (χ1v) is 8.71. The average molecular weight is 338 g/mol. The van der Waals surface area contributed by atoms with Crippen molar-refractivity contribution in [2.75, 3.05) is 45.7 Å². The van der Waals surface area contributed by atoms with Gasteiger partial charge in [0.25, 0.3) is 5.91 Å². The van der Waals surface area contributed by atoms with E-state index in [1.54, 1.807) is 6.20 Å². The van der Waals surface area contributed by atoms with Gasteiger partial charge in [-0.2, -0.15) is 0 Å². The first-order chi connectivity index (χ1) is 12.0. The lowest BCUT2D eigenvalue weighted by Gasteiger charge is -2.25. The van der Waals surface area contributed by atoms with Crippen molar-refractivity contribution in [3.8, 4) is 0 Å². The molecule has 0 saturated heterocycles. The van der Waals surface area contributed by atoms with E-state index in [4.69, 9.17) is 0 Å². The summed E-state index contributed by atoms with van der Waals surface area (Å²) in [5, 5.41) is 0. The fourth-order valence-corrected chi connectivity index (χ4v) is 3.14. The molecule has 25 heavy (non-hydrogen) atoms. The summed E-state index contributed by atoms with van der Waals surface area (Å²) in [6.07, 6.45) is 4.64. The molecular weight excluding hydrogens is 312 g/mol. The number of hydrogen-bond donors (Lipinski definition) is 0. The van der Waals surface area contributed by atoms with Crippen molar-refractivity contribution < 1.29 is 4.79 Å². The summed E-state index contributed by atoms with van der Waals surface area (Å²) < 4.78 is 0. The van der Waals surface area contributed by atoms with Crippen molar-refractivity contribution in [2.24, 2.45) is 0 Å². The minimum atomic E-state index is 0.0776. The van der Waals surface area contributed by atoms with Gasteiger partial charge in [0.15, 0.2) is 0 Å². The van der Waals surface area contributed by atoms with E-state index in [-0.39, 0.29) is 5.91 Å². The number of rotatable bonds is 6. The Bertz CT molecular complexity index is 730. The lowest BCUT2D eigenvalue weighted by molar-refractivity contribution is 0.0732. The van der Waals surface area contributed by atoms with Crippen LogP contribution in [0, 0.1) is 0 Å². The van der Waals surface area contributed by atoms with Gasteiger partial charge in [0, 0.05) is 56.9 Å². The Morgan fingerprint density at radius 3 is 2.80 bits per heavy atom. The summed E-state index contributed by atoms with van der Waals surface area (Å²) in [5.41, 5.74) is 4.31. The zero-order valence-electron chi connectivity index (χ0n) is 15.3. The monoisotopic (exact) mass is 338 g/mol. The van der Waals surface area contributed by atoms with Crippen molar-refractivity contribution in [1.82, 2.24) is 14.8 Å². The van der Waals surface area contributed by atoms with Crippen LogP contribution >= 0.6 is 0 Å². The standard InChI is InChI=1S/C20H26N4O/c1-22(2)11-12-24(15-16-5-4-9-21-14-16)20(25)18-7-6-17-8-10-23(3)19(17)13-18/h4-7,9,13-14H,8,10-12,15H2,1-3H3. The molecule has 5 heteroatoms. The summed E-state index contributed by atoms with van der Waals surface area (Å²) >= 11 is 0. The normalized spacial score (nSPS) is 13.2. The van der Waals surface area contributed by atoms with Crippen molar-refractivity contribution in [1.29, 1.82) is 0 Å². The maximum absolute atomic E-state index is 13.1. The number of benzene rings is 1. The van der Waals surface area contributed by atoms with E-state index in [0.717, 1.165) is 30.6 Å². The Kier molecular flexibility index (Phi) is 5.34. The SMILES string of the molecule is CN(C)CCN(Cc1cccnc1)C(=O)c1ccc2c(c1)N(C)CC2. The van der Waals surface area contributed by atoms with Gasteiger partial charge in [-0.15, -0.1) is 0 Å². The second kappa shape index (κ2) is 7.66. The molecule has 2 heterocycles. The van der Waals surface area contributed by atoms with E-state index < -0.39 is 0 Å². The van der Waals surface area contributed by atoms with Crippen LogP contribution in [0.1, 0.15) is 21.5 Å². The van der Waals surface area contributed by atoms with Crippen LogP contribution in [0.3, 0.4) is 0 Å². The molecule has 2 aromatic rings. The number of anilines is 1. The predicted octanol–water partition coefficient (Wildman–Crippen LogP) is 2.28. The third-order valence-electron chi connectivity index (χ3n) is 4.66. The highest BCUT2D eigenvalue weighted by Crippen LogP contribution is 2.28. The molecule has 132 valence electrons. The number of carbonyl (C=O) groups excluding carboxylic acids is 1. The molecule has 0 bridgehead atoms. The van der Waals surface area contributed by atoms with E-state index in [1.165, 1.54) is 11.3 Å². The first kappa shape index (κ1) is 17.4. The maximum Gasteiger partial charge on any atom is 0.254 e. The van der Waals surface area contributed by atoms with Crippen LogP contribution in [0.25, 0.3) is 0 Å². The molecule has 1 aliphatic heterocycles. The van der Waals surface area contributed by atoms with Crippen LogP contribution in [0.2, 0.25) is 0 Å². The molecule has 1 aliphatic rings. The highest BCUT2D eigenvalue weighted by Gasteiger charge is 2.21. The van der Waals surface area contributed by atoms with Gasteiger partial charge in [-0.05, 0) is 49.8 Å². The van der Waals surface area contributed by atoms with Crippen LogP contribution in [0.4, 0.5) is 5.69 Å². The molecule has 1 aromatic heterocycles. The fourth-order valence-electron chi connectivity index (χ4n) is 3.14. The Morgan fingerprint density at radius 1 is 1.24 bits per heavy atom. The number of pyridine rings is 1. The minimum absolute atomic E-state index is 0.0776. The number of likely N-dealkylation sites (N-methyl/N-ethyl adjacent to an activating group) is 2. The molecule has 1 amide bonds. The van der Waals surface area contributed by atoms with E-state index in [2.05, 4.69) is 27.9 Å². The number of aromatic nitrogens is 1. The van der Waals surface area contributed by atoms with Crippen LogP contribution < -0.4 is 4.90 Å². The van der Waals surface area contributed by atoms with E-state index in [0.29, 0.717) is 13.1 Å². The summed E-state index contributed by atoms with van der Waals surface area (Å²) in [6.45, 7) is 3.12. The molecule has 0 fully saturated rings. The second-order valence-electron chi connectivity index (χ2n) is 6.91. The highest BCUT2D eigenvalue weighted by molar-refractivity contribution is 5.95. The Morgan fingerprint density at radius 2 is 2.08 bits per heavy atom. The maximum atomic E-state index is 13.1. The quantitative estimate of drug-likeness (QED) is 0.810. The summed E-state index contributed by atoms with van der Waals surface area (Å²) in [4.78, 5) is 23.5. The van der Waals surface area contributed by atoms with Crippen LogP contribution in [-0.2, 0) is 13.0 Å². The lowest BCUT2D eigenvalue weighted by Crippen LogP contribution is -2.36. The topological polar surface area (TPSA) is 39.7 Å². The van der Waals surface area contributed by atoms with Crippen molar-refractivity contribution in [3.05, 3.63) is 59.4 Å². The van der Waals surface area contributed by atoms with Gasteiger partial charge in [0.1, 0.15) is 0 Å². The predicted molar refractivity (Wildman–Crippen MR) is 101 cm³/mol. The Labute approximate surface area is 149 Å². The van der Waals surface area contributed by atoms with Crippen molar-refractivity contribution >= 4 is 11.6 Å². The van der Waals surface area contributed by atoms with Crippen LogP contribution in [-0.4, -0.2) is 61.5 Å². The molecule has 0 saturated carbocycles. The third kappa shape index (κ3) is 4.17. The van der Waals surface area contributed by atoms with E-state index >= 15 is 0 Å². The van der Waals surface area contributed by atoms with Gasteiger partial charge in [0.05, 0.1) is 0 Å². The molecule has 3 rings (SSSR count). The smallest absolute Gasteiger partial charge is 0.254 e. The molecule has 1 aromatic carbocycles. The zero-order valence-corrected chi connectivity index (χ0v) is 15.3. The number of nitrogens with zero attached hydrogens (tertiary/aromatic N) is 4.